The Morgan fingerprint density at radius 3 is 1.78 bits per heavy atom. The quantitative estimate of drug-likeness (QED) is 0.0293. The molecule has 2 saturated carbocycles. The van der Waals surface area contributed by atoms with Gasteiger partial charge in [0, 0.05) is 37.7 Å². The van der Waals surface area contributed by atoms with Crippen molar-refractivity contribution >= 4 is 41.7 Å². The third kappa shape index (κ3) is 15.6. The maximum absolute atomic E-state index is 15.8. The lowest BCUT2D eigenvalue weighted by Crippen LogP contribution is -2.82. The second-order valence-electron chi connectivity index (χ2n) is 23.1. The number of ether oxygens (including phenoxy) is 7. The summed E-state index contributed by atoms with van der Waals surface area (Å²) in [5.74, 6) is -7.08. The number of unbranched alkanes of at least 4 members (excludes halogenated alkanes) is 1. The van der Waals surface area contributed by atoms with Crippen LogP contribution in [-0.4, -0.2) is 113 Å². The van der Waals surface area contributed by atoms with Gasteiger partial charge in [0.2, 0.25) is 6.10 Å². The molecule has 464 valence electrons. The van der Waals surface area contributed by atoms with Crippen LogP contribution in [0, 0.1) is 16.7 Å². The van der Waals surface area contributed by atoms with Crippen molar-refractivity contribution in [3.8, 4) is 0 Å². The predicted octanol–water partition coefficient (Wildman–Crippen LogP) is 11.4. The van der Waals surface area contributed by atoms with E-state index in [4.69, 9.17) is 33.2 Å². The van der Waals surface area contributed by atoms with Gasteiger partial charge in [-0.25, -0.2) is 14.4 Å². The smallest absolute Gasteiger partial charge is 0.455 e. The monoisotopic (exact) mass is 1190 g/mol. The van der Waals surface area contributed by atoms with Crippen LogP contribution in [0.4, 0.5) is 4.79 Å². The zero-order chi connectivity index (χ0) is 62.8. The van der Waals surface area contributed by atoms with E-state index >= 15 is 9.59 Å². The summed E-state index contributed by atoms with van der Waals surface area (Å²) < 4.78 is 42.5. The van der Waals surface area contributed by atoms with Crippen molar-refractivity contribution in [2.24, 2.45) is 16.7 Å². The molecule has 3 aromatic carbocycles. The number of benzene rings is 3. The van der Waals surface area contributed by atoms with Crippen LogP contribution < -0.4 is 5.32 Å². The number of hydrogen-bond donors (Lipinski definition) is 3. The molecule has 7 rings (SSSR count). The molecule has 0 aromatic heterocycles. The standard InChI is InChI=1S/C70H83NO16/c1-8-9-10-11-12-13-14-15-16-17-18-19-20-21-22-23-24-25-26-36-43-81-66(79)85-59(57(50-37-30-27-31-38-50)71-63(76)51-39-32-28-33-40-51)65(78)84-53-45-70(80)62(86-64(77)52-41-34-29-35-42-52)60-68(7,54(74)44-55-69(60,46-82-55)87-49(4)73)61(75)58(83-48(3)72)56(47(53)2)67(70,5)6/h9-10,12-13,15-16,18-19,21-22,24-25,27-35,37-42,53-55,57-60,62,74,80H,8,11,14,17,20,23,26,36,43-46H2,1-7H3,(H,71,76)/t53?,54-,55+,57?,58+,59+,60-,62-,68+,69-,70+/m0/s1. The van der Waals surface area contributed by atoms with Gasteiger partial charge >= 0.3 is 30.0 Å². The minimum atomic E-state index is -2.48. The Hall–Kier alpha value is -7.99. The summed E-state index contributed by atoms with van der Waals surface area (Å²) in [6.45, 7) is 9.92. The molecule has 0 radical (unpaired) electrons. The van der Waals surface area contributed by atoms with Crippen LogP contribution in [-0.2, 0) is 52.3 Å². The number of nitrogens with one attached hydrogen (secondary N) is 1. The highest BCUT2D eigenvalue weighted by Gasteiger charge is 2.78. The topological polar surface area (TPSA) is 237 Å². The van der Waals surface area contributed by atoms with Crippen LogP contribution in [0.3, 0.4) is 0 Å². The summed E-state index contributed by atoms with van der Waals surface area (Å²) in [6, 6.07) is 22.8. The average molecular weight is 1190 g/mol. The van der Waals surface area contributed by atoms with E-state index in [1.54, 1.807) is 92.7 Å². The normalized spacial score (nSPS) is 26.6. The Morgan fingerprint density at radius 1 is 0.713 bits per heavy atom. The molecule has 0 spiro atoms. The van der Waals surface area contributed by atoms with E-state index in [-0.39, 0.29) is 41.9 Å². The molecule has 17 nitrogen and oxygen atoms in total. The fraction of sp³-hybridized carbons (Fsp3) is 0.443. The molecule has 2 bridgehead atoms. The molecule has 3 aromatic rings. The van der Waals surface area contributed by atoms with Crippen molar-refractivity contribution in [2.75, 3.05) is 13.2 Å². The highest BCUT2D eigenvalue weighted by atomic mass is 16.7. The second-order valence-corrected chi connectivity index (χ2v) is 23.1. The van der Waals surface area contributed by atoms with Crippen molar-refractivity contribution in [3.63, 3.8) is 0 Å². The largest absolute Gasteiger partial charge is 0.509 e. The Balaban J connectivity index is 1.17. The summed E-state index contributed by atoms with van der Waals surface area (Å²) in [7, 11) is 0. The number of amides is 1. The van der Waals surface area contributed by atoms with Crippen LogP contribution in [0.2, 0.25) is 0 Å². The van der Waals surface area contributed by atoms with E-state index in [9.17, 15) is 34.2 Å². The lowest BCUT2D eigenvalue weighted by atomic mass is 9.44. The summed E-state index contributed by atoms with van der Waals surface area (Å²) in [6.07, 6.45) is 19.4. The van der Waals surface area contributed by atoms with Gasteiger partial charge in [-0.05, 0) is 106 Å². The molecule has 87 heavy (non-hydrogen) atoms. The fourth-order valence-corrected chi connectivity index (χ4v) is 12.4. The van der Waals surface area contributed by atoms with E-state index in [0.717, 1.165) is 46.0 Å². The molecule has 11 atom stereocenters. The molecule has 1 aliphatic heterocycles. The van der Waals surface area contributed by atoms with Gasteiger partial charge < -0.3 is 48.7 Å². The molecular weight excluding hydrogens is 1110 g/mol. The lowest BCUT2D eigenvalue weighted by molar-refractivity contribution is -0.346. The summed E-state index contributed by atoms with van der Waals surface area (Å²) in [4.78, 5) is 100. The van der Waals surface area contributed by atoms with E-state index in [1.807, 2.05) is 12.2 Å². The predicted molar refractivity (Wildman–Crippen MR) is 325 cm³/mol. The molecule has 4 aliphatic rings. The highest BCUT2D eigenvalue weighted by Crippen LogP contribution is 2.64. The van der Waals surface area contributed by atoms with Gasteiger partial charge in [-0.3, -0.25) is 19.2 Å². The number of aliphatic hydroxyl groups is 2. The van der Waals surface area contributed by atoms with E-state index in [1.165, 1.54) is 26.0 Å². The highest BCUT2D eigenvalue weighted by molar-refractivity contribution is 5.96. The molecule has 1 amide bonds. The van der Waals surface area contributed by atoms with E-state index < -0.39 is 119 Å². The Labute approximate surface area is 510 Å². The van der Waals surface area contributed by atoms with Crippen molar-refractivity contribution in [3.05, 3.63) is 192 Å². The number of Topliss-reactive ketones (excluding diaryl/α,β-unsaturated/α-hetero) is 1. The van der Waals surface area contributed by atoms with Gasteiger partial charge in [-0.1, -0.05) is 160 Å². The summed E-state index contributed by atoms with van der Waals surface area (Å²) >= 11 is 0. The number of hydrogen-bond acceptors (Lipinski definition) is 16. The number of fused-ring (bicyclic) bond motifs is 5. The first-order valence-electron chi connectivity index (χ1n) is 30.0. The van der Waals surface area contributed by atoms with Gasteiger partial charge in [0.15, 0.2) is 17.5 Å². The second kappa shape index (κ2) is 30.6. The minimum Gasteiger partial charge on any atom is -0.455 e. The fourth-order valence-electron chi connectivity index (χ4n) is 12.4. The van der Waals surface area contributed by atoms with Crippen molar-refractivity contribution in [2.45, 2.75) is 167 Å². The number of esters is 4. The zero-order valence-electron chi connectivity index (χ0n) is 50.8. The van der Waals surface area contributed by atoms with Gasteiger partial charge in [0.05, 0.1) is 36.2 Å². The summed E-state index contributed by atoms with van der Waals surface area (Å²) in [5, 5.41) is 29.2. The van der Waals surface area contributed by atoms with Crippen molar-refractivity contribution in [1.82, 2.24) is 5.32 Å². The van der Waals surface area contributed by atoms with Gasteiger partial charge in [0.25, 0.3) is 5.91 Å². The molecule has 3 aliphatic carbocycles. The maximum Gasteiger partial charge on any atom is 0.509 e. The SMILES string of the molecule is CCC=CCC=CCC=CCC=CCC=CCC=CCCCOC(=O)O[C@@H](C(=O)OC1C[C@@]2(O)[C@@H](OC(=O)c3ccccc3)[C@@H]3[C@]4(OC(C)=O)CO[C@@H]4C[C@H](O)[C@@]3(C)C(=O)[C@H](OC(C)=O)C(=C1C)C2(C)C)C(NC(=O)c1ccccc1)c1ccccc1. The number of aliphatic hydroxyl groups excluding tert-OH is 1. The molecule has 2 unspecified atom stereocenters. The zero-order valence-corrected chi connectivity index (χ0v) is 50.8. The van der Waals surface area contributed by atoms with Gasteiger partial charge in [0.1, 0.15) is 30.0 Å². The van der Waals surface area contributed by atoms with E-state index in [2.05, 4.69) is 73.0 Å². The van der Waals surface area contributed by atoms with Gasteiger partial charge in [-0.2, -0.15) is 0 Å². The lowest BCUT2D eigenvalue weighted by Gasteiger charge is -2.67. The van der Waals surface area contributed by atoms with Gasteiger partial charge in [-0.15, -0.1) is 0 Å². The first-order chi connectivity index (χ1) is 41.7. The van der Waals surface area contributed by atoms with Crippen molar-refractivity contribution in [1.29, 1.82) is 0 Å². The third-order valence-electron chi connectivity index (χ3n) is 17.0. The molecular formula is C70H83NO16. The molecule has 3 N–H and O–H groups in total. The molecule has 1 saturated heterocycles. The van der Waals surface area contributed by atoms with Crippen molar-refractivity contribution < 1.29 is 76.9 Å². The third-order valence-corrected chi connectivity index (χ3v) is 17.0. The van der Waals surface area contributed by atoms with Crippen LogP contribution in [0.1, 0.15) is 145 Å². The minimum absolute atomic E-state index is 0.0434. The van der Waals surface area contributed by atoms with Crippen LogP contribution in [0.15, 0.2) is 175 Å². The van der Waals surface area contributed by atoms with Crippen LogP contribution >= 0.6 is 0 Å². The average Bonchev–Trinajstić information content (AvgIpc) is 0.682. The number of carbonyl (C=O) groups excluding carboxylic acids is 7. The Morgan fingerprint density at radius 2 is 1.25 bits per heavy atom. The summed E-state index contributed by atoms with van der Waals surface area (Å²) in [5.41, 5.74) is -7.52. The number of allylic oxidation sites excluding steroid dienone is 12. The van der Waals surface area contributed by atoms with E-state index in [0.29, 0.717) is 24.8 Å². The number of ketones is 1. The molecule has 17 heteroatoms. The number of rotatable bonds is 26. The molecule has 1 heterocycles. The molecule has 3 fully saturated rings. The first kappa shape index (κ1) is 66.5. The Bertz CT molecular complexity index is 3110. The first-order valence-corrected chi connectivity index (χ1v) is 30.0. The van der Waals surface area contributed by atoms with Crippen LogP contribution in [0.25, 0.3) is 0 Å². The Kier molecular flexibility index (Phi) is 23.4. The maximum atomic E-state index is 15.8. The number of carbonyl (C=O) groups is 7. The van der Waals surface area contributed by atoms with Crippen LogP contribution in [0.5, 0.6) is 0 Å².